The van der Waals surface area contributed by atoms with E-state index in [-0.39, 0.29) is 11.6 Å². The Morgan fingerprint density at radius 3 is 2.55 bits per heavy atom. The van der Waals surface area contributed by atoms with E-state index in [2.05, 4.69) is 0 Å². The molecule has 1 heterocycles. The number of allylic oxidation sites excluding steroid dienone is 1. The topological polar surface area (TPSA) is 26.3 Å². The summed E-state index contributed by atoms with van der Waals surface area (Å²) in [5, 5.41) is 0. The van der Waals surface area contributed by atoms with Crippen LogP contribution >= 0.6 is 11.8 Å². The number of hydrogen-bond donors (Lipinski definition) is 0. The average molecular weight is 286 g/mol. The second-order valence-corrected chi connectivity index (χ2v) is 5.38. The van der Waals surface area contributed by atoms with E-state index in [0.717, 1.165) is 11.3 Å². The van der Waals surface area contributed by atoms with Crippen LogP contribution in [0.25, 0.3) is 6.08 Å². The number of methoxy groups -OCH3 is 1. The van der Waals surface area contributed by atoms with Crippen molar-refractivity contribution in [3.8, 4) is 5.75 Å². The number of carbonyl (C=O) groups excluding carboxylic acids is 1. The van der Waals surface area contributed by atoms with Gasteiger partial charge in [-0.15, -0.1) is 0 Å². The molecule has 0 N–H and O–H groups in total. The van der Waals surface area contributed by atoms with Crippen molar-refractivity contribution in [3.05, 3.63) is 64.3 Å². The van der Waals surface area contributed by atoms with Crippen molar-refractivity contribution < 1.29 is 13.9 Å². The zero-order valence-corrected chi connectivity index (χ0v) is 11.5. The van der Waals surface area contributed by atoms with Gasteiger partial charge < -0.3 is 4.74 Å². The molecule has 4 heteroatoms. The minimum Gasteiger partial charge on any atom is -0.497 e. The lowest BCUT2D eigenvalue weighted by Gasteiger charge is -2.00. The van der Waals surface area contributed by atoms with Gasteiger partial charge >= 0.3 is 0 Å². The molecular formula is C16H11FO2S. The number of halogens is 1. The Morgan fingerprint density at radius 1 is 1.15 bits per heavy atom. The first-order chi connectivity index (χ1) is 9.69. The van der Waals surface area contributed by atoms with E-state index < -0.39 is 0 Å². The molecule has 2 nitrogen and oxygen atoms in total. The highest BCUT2D eigenvalue weighted by atomic mass is 32.2. The molecule has 1 aliphatic heterocycles. The number of thioether (sulfide) groups is 1. The molecule has 0 radical (unpaired) electrons. The molecule has 0 aliphatic carbocycles. The van der Waals surface area contributed by atoms with E-state index in [1.54, 1.807) is 25.3 Å². The third-order valence-corrected chi connectivity index (χ3v) is 4.20. The minimum atomic E-state index is -0.348. The van der Waals surface area contributed by atoms with Crippen LogP contribution in [0, 0.1) is 5.82 Å². The van der Waals surface area contributed by atoms with Gasteiger partial charge in [0.05, 0.1) is 16.9 Å². The number of hydrogen-bond acceptors (Lipinski definition) is 3. The Balaban J connectivity index is 1.95. The number of carbonyl (C=O) groups is 1. The summed E-state index contributed by atoms with van der Waals surface area (Å²) in [5.41, 5.74) is 1.32. The summed E-state index contributed by atoms with van der Waals surface area (Å²) in [6.07, 6.45) is 1.77. The standard InChI is InChI=1S/C16H11FO2S/c1-19-11-7-5-10(6-8-11)9-14-15(18)12-3-2-4-13(17)16(12)20-14/h2-9H,1H3/b14-9-. The Morgan fingerprint density at radius 2 is 1.90 bits per heavy atom. The van der Waals surface area contributed by atoms with E-state index >= 15 is 0 Å². The van der Waals surface area contributed by atoms with Gasteiger partial charge in [0, 0.05) is 5.56 Å². The lowest BCUT2D eigenvalue weighted by molar-refractivity contribution is 0.104. The first-order valence-electron chi connectivity index (χ1n) is 6.06. The second-order valence-electron chi connectivity index (χ2n) is 4.33. The van der Waals surface area contributed by atoms with Crippen molar-refractivity contribution in [1.29, 1.82) is 0 Å². The number of ether oxygens (including phenoxy) is 1. The normalized spacial score (nSPS) is 15.5. The van der Waals surface area contributed by atoms with Crippen molar-refractivity contribution in [3.63, 3.8) is 0 Å². The van der Waals surface area contributed by atoms with E-state index in [1.807, 2.05) is 24.3 Å². The predicted molar refractivity (Wildman–Crippen MR) is 77.6 cm³/mol. The maximum atomic E-state index is 13.7. The quantitative estimate of drug-likeness (QED) is 0.775. The monoisotopic (exact) mass is 286 g/mol. The first-order valence-corrected chi connectivity index (χ1v) is 6.87. The van der Waals surface area contributed by atoms with Crippen molar-refractivity contribution in [1.82, 2.24) is 0 Å². The molecule has 0 unspecified atom stereocenters. The summed E-state index contributed by atoms with van der Waals surface area (Å²) in [4.78, 5) is 13.1. The lowest BCUT2D eigenvalue weighted by Crippen LogP contribution is -1.94. The van der Waals surface area contributed by atoms with Gasteiger partial charge in [-0.3, -0.25) is 4.79 Å². The van der Waals surface area contributed by atoms with Gasteiger partial charge in [0.25, 0.3) is 0 Å². The maximum absolute atomic E-state index is 13.7. The molecule has 0 fully saturated rings. The van der Waals surface area contributed by atoms with Gasteiger partial charge in [0.1, 0.15) is 11.6 Å². The first kappa shape index (κ1) is 12.9. The largest absolute Gasteiger partial charge is 0.497 e. The zero-order valence-electron chi connectivity index (χ0n) is 10.7. The Kier molecular flexibility index (Phi) is 3.32. The van der Waals surface area contributed by atoms with Crippen molar-refractivity contribution >= 4 is 23.6 Å². The van der Waals surface area contributed by atoms with E-state index in [4.69, 9.17) is 4.74 Å². The van der Waals surface area contributed by atoms with E-state index in [1.165, 1.54) is 17.8 Å². The maximum Gasteiger partial charge on any atom is 0.200 e. The number of benzene rings is 2. The van der Waals surface area contributed by atoms with E-state index in [9.17, 15) is 9.18 Å². The second kappa shape index (κ2) is 5.13. The summed E-state index contributed by atoms with van der Waals surface area (Å²) in [7, 11) is 1.60. The van der Waals surface area contributed by atoms with Crippen LogP contribution in [-0.2, 0) is 0 Å². The van der Waals surface area contributed by atoms with Gasteiger partial charge in [-0.2, -0.15) is 0 Å². The van der Waals surface area contributed by atoms with Crippen LogP contribution in [0.15, 0.2) is 52.3 Å². The third-order valence-electron chi connectivity index (χ3n) is 3.06. The zero-order chi connectivity index (χ0) is 14.1. The van der Waals surface area contributed by atoms with Crippen LogP contribution in [0.2, 0.25) is 0 Å². The molecule has 0 amide bonds. The summed E-state index contributed by atoms with van der Waals surface area (Å²) in [6.45, 7) is 0. The molecule has 100 valence electrons. The number of Topliss-reactive ketones (excluding diaryl/α,β-unsaturated/α-hetero) is 1. The molecule has 1 aliphatic rings. The van der Waals surface area contributed by atoms with Crippen LogP contribution in [0.5, 0.6) is 5.75 Å². The van der Waals surface area contributed by atoms with Crippen LogP contribution in [0.3, 0.4) is 0 Å². The summed E-state index contributed by atoms with van der Waals surface area (Å²) >= 11 is 1.18. The molecule has 0 saturated carbocycles. The molecular weight excluding hydrogens is 275 g/mol. The van der Waals surface area contributed by atoms with Crippen LogP contribution in [0.4, 0.5) is 4.39 Å². The summed E-state index contributed by atoms with van der Waals surface area (Å²) < 4.78 is 18.7. The van der Waals surface area contributed by atoms with Gasteiger partial charge in [-0.05, 0) is 35.9 Å². The highest BCUT2D eigenvalue weighted by Gasteiger charge is 2.28. The summed E-state index contributed by atoms with van der Waals surface area (Å²) in [5.74, 6) is 0.284. The fraction of sp³-hybridized carbons (Fsp3) is 0.0625. The van der Waals surface area contributed by atoms with Gasteiger partial charge in [0.2, 0.25) is 5.78 Å². The summed E-state index contributed by atoms with van der Waals surface area (Å²) in [6, 6.07) is 12.0. The number of ketones is 1. The Bertz CT molecular complexity index is 705. The van der Waals surface area contributed by atoms with Gasteiger partial charge in [-0.1, -0.05) is 30.0 Å². The van der Waals surface area contributed by atoms with Crippen LogP contribution in [0.1, 0.15) is 15.9 Å². The molecule has 2 aromatic rings. The smallest absolute Gasteiger partial charge is 0.200 e. The van der Waals surface area contributed by atoms with Gasteiger partial charge in [0.15, 0.2) is 0 Å². The lowest BCUT2D eigenvalue weighted by atomic mass is 10.1. The molecule has 3 rings (SSSR count). The molecule has 20 heavy (non-hydrogen) atoms. The molecule has 0 bridgehead atoms. The minimum absolute atomic E-state index is 0.125. The van der Waals surface area contributed by atoms with Crippen LogP contribution in [-0.4, -0.2) is 12.9 Å². The van der Waals surface area contributed by atoms with Crippen LogP contribution < -0.4 is 4.74 Å². The fourth-order valence-electron chi connectivity index (χ4n) is 2.03. The molecule has 0 saturated heterocycles. The highest BCUT2D eigenvalue weighted by Crippen LogP contribution is 2.42. The average Bonchev–Trinajstić information content (AvgIpc) is 2.79. The number of rotatable bonds is 2. The SMILES string of the molecule is COc1ccc(/C=C2\Sc3c(F)cccc3C2=O)cc1. The Hall–Kier alpha value is -2.07. The molecule has 2 aromatic carbocycles. The number of fused-ring (bicyclic) bond motifs is 1. The van der Waals surface area contributed by atoms with Crippen molar-refractivity contribution in [2.24, 2.45) is 0 Å². The predicted octanol–water partition coefficient (Wildman–Crippen LogP) is 4.16. The molecule has 0 spiro atoms. The van der Waals surface area contributed by atoms with Crippen molar-refractivity contribution in [2.45, 2.75) is 4.90 Å². The Labute approximate surface area is 120 Å². The third kappa shape index (κ3) is 2.23. The molecule has 0 atom stereocenters. The van der Waals surface area contributed by atoms with Gasteiger partial charge in [-0.25, -0.2) is 4.39 Å². The van der Waals surface area contributed by atoms with E-state index in [0.29, 0.717) is 15.4 Å². The fourth-order valence-corrected chi connectivity index (χ4v) is 3.08. The molecule has 0 aromatic heterocycles. The highest BCUT2D eigenvalue weighted by molar-refractivity contribution is 8.04. The van der Waals surface area contributed by atoms with Crippen molar-refractivity contribution in [2.75, 3.05) is 7.11 Å².